The van der Waals surface area contributed by atoms with Crippen molar-refractivity contribution in [2.24, 2.45) is 5.92 Å². The Balaban J connectivity index is 1.26. The van der Waals surface area contributed by atoms with Crippen LogP contribution >= 0.6 is 0 Å². The Morgan fingerprint density at radius 3 is 2.96 bits per heavy atom. The Morgan fingerprint density at radius 1 is 1.27 bits per heavy atom. The maximum atomic E-state index is 12.5. The van der Waals surface area contributed by atoms with Crippen LogP contribution in [0.4, 0.5) is 0 Å². The Labute approximate surface area is 152 Å². The average molecular weight is 354 g/mol. The number of carbonyl (C=O) groups excluding carboxylic acids is 1. The van der Waals surface area contributed by atoms with Gasteiger partial charge < -0.3 is 14.4 Å². The fraction of sp³-hybridized carbons (Fsp3) is 0.474. The molecular weight excluding hydrogens is 332 g/mol. The van der Waals surface area contributed by atoms with Gasteiger partial charge in [-0.2, -0.15) is 10.2 Å². The Kier molecular flexibility index (Phi) is 4.90. The van der Waals surface area contributed by atoms with Gasteiger partial charge in [0, 0.05) is 19.4 Å². The summed E-state index contributed by atoms with van der Waals surface area (Å²) >= 11 is 0. The van der Waals surface area contributed by atoms with E-state index in [-0.39, 0.29) is 11.5 Å². The van der Waals surface area contributed by atoms with E-state index in [4.69, 9.17) is 9.47 Å². The number of aromatic nitrogens is 3. The van der Waals surface area contributed by atoms with Gasteiger partial charge in [-0.15, -0.1) is 0 Å². The van der Waals surface area contributed by atoms with Crippen molar-refractivity contribution in [3.63, 3.8) is 0 Å². The minimum absolute atomic E-state index is 0.00817. The van der Waals surface area contributed by atoms with E-state index in [1.807, 2.05) is 23.1 Å². The van der Waals surface area contributed by atoms with Gasteiger partial charge in [-0.1, -0.05) is 6.07 Å². The molecule has 4 heterocycles. The normalized spacial score (nSPS) is 20.9. The molecule has 136 valence electrons. The minimum Gasteiger partial charge on any atom is -0.375 e. The summed E-state index contributed by atoms with van der Waals surface area (Å²) in [5, 5.41) is 7.49. The molecule has 2 fully saturated rings. The standard InChI is InChI=1S/C19H22N4O3/c24-18(15-4-8-21-22-11-15)23-13-19(14-23)16(6-10-26-19)5-9-25-12-17-3-1-2-7-20-17/h1-4,7-8,11,16H,5-6,9-10,12-14H2. The number of amides is 1. The number of rotatable bonds is 6. The zero-order valence-electron chi connectivity index (χ0n) is 14.6. The van der Waals surface area contributed by atoms with Gasteiger partial charge in [-0.05, 0) is 37.0 Å². The molecule has 2 aliphatic heterocycles. The lowest BCUT2D eigenvalue weighted by Gasteiger charge is -2.50. The van der Waals surface area contributed by atoms with Crippen LogP contribution < -0.4 is 0 Å². The zero-order valence-corrected chi connectivity index (χ0v) is 14.6. The van der Waals surface area contributed by atoms with E-state index in [0.29, 0.717) is 37.8 Å². The maximum absolute atomic E-state index is 12.5. The molecule has 26 heavy (non-hydrogen) atoms. The average Bonchev–Trinajstić information content (AvgIpc) is 3.09. The number of ether oxygens (including phenoxy) is 2. The van der Waals surface area contributed by atoms with Crippen LogP contribution in [0.2, 0.25) is 0 Å². The van der Waals surface area contributed by atoms with Crippen molar-refractivity contribution in [3.8, 4) is 0 Å². The lowest BCUT2D eigenvalue weighted by Crippen LogP contribution is -2.66. The maximum Gasteiger partial charge on any atom is 0.255 e. The quantitative estimate of drug-likeness (QED) is 0.735. The van der Waals surface area contributed by atoms with Crippen molar-refractivity contribution in [1.29, 1.82) is 0 Å². The summed E-state index contributed by atoms with van der Waals surface area (Å²) in [6, 6.07) is 7.51. The molecular formula is C19H22N4O3. The van der Waals surface area contributed by atoms with Crippen LogP contribution in [0.3, 0.4) is 0 Å². The van der Waals surface area contributed by atoms with Crippen molar-refractivity contribution in [2.45, 2.75) is 25.0 Å². The summed E-state index contributed by atoms with van der Waals surface area (Å²) in [6.07, 6.45) is 6.77. The van der Waals surface area contributed by atoms with Crippen molar-refractivity contribution in [1.82, 2.24) is 20.1 Å². The van der Waals surface area contributed by atoms with Crippen LogP contribution in [0.25, 0.3) is 0 Å². The molecule has 0 radical (unpaired) electrons. The van der Waals surface area contributed by atoms with Gasteiger partial charge in [0.15, 0.2) is 0 Å². The fourth-order valence-corrected chi connectivity index (χ4v) is 3.77. The molecule has 1 spiro atoms. The molecule has 0 N–H and O–H groups in total. The van der Waals surface area contributed by atoms with E-state index >= 15 is 0 Å². The highest BCUT2D eigenvalue weighted by Crippen LogP contribution is 2.42. The summed E-state index contributed by atoms with van der Waals surface area (Å²) in [4.78, 5) is 18.5. The Hall–Kier alpha value is -2.38. The third kappa shape index (κ3) is 3.45. The second kappa shape index (κ2) is 7.47. The highest BCUT2D eigenvalue weighted by molar-refractivity contribution is 5.94. The highest BCUT2D eigenvalue weighted by atomic mass is 16.5. The first-order chi connectivity index (χ1) is 12.8. The SMILES string of the molecule is O=C(c1ccnnc1)N1CC2(C1)OCCC2CCOCc1ccccn1. The third-order valence-corrected chi connectivity index (χ3v) is 5.22. The van der Waals surface area contributed by atoms with Crippen LogP contribution in [-0.4, -0.2) is 57.9 Å². The van der Waals surface area contributed by atoms with Gasteiger partial charge in [0.2, 0.25) is 0 Å². The van der Waals surface area contributed by atoms with E-state index in [9.17, 15) is 4.79 Å². The molecule has 4 rings (SSSR count). The summed E-state index contributed by atoms with van der Waals surface area (Å²) < 4.78 is 11.8. The van der Waals surface area contributed by atoms with Crippen LogP contribution in [0.15, 0.2) is 42.9 Å². The number of hydrogen-bond donors (Lipinski definition) is 0. The smallest absolute Gasteiger partial charge is 0.255 e. The number of pyridine rings is 1. The van der Waals surface area contributed by atoms with Gasteiger partial charge in [-0.3, -0.25) is 9.78 Å². The fourth-order valence-electron chi connectivity index (χ4n) is 3.77. The predicted octanol–water partition coefficient (Wildman–Crippen LogP) is 1.71. The number of carbonyl (C=O) groups is 1. The first kappa shape index (κ1) is 17.1. The lowest BCUT2D eigenvalue weighted by molar-refractivity contribution is -0.120. The molecule has 0 aliphatic carbocycles. The molecule has 7 nitrogen and oxygen atoms in total. The third-order valence-electron chi connectivity index (χ3n) is 5.22. The first-order valence-electron chi connectivity index (χ1n) is 8.94. The van der Waals surface area contributed by atoms with E-state index in [0.717, 1.165) is 25.1 Å². The molecule has 0 aromatic carbocycles. The van der Waals surface area contributed by atoms with Crippen LogP contribution in [0.5, 0.6) is 0 Å². The van der Waals surface area contributed by atoms with E-state index in [2.05, 4.69) is 15.2 Å². The molecule has 2 aromatic heterocycles. The van der Waals surface area contributed by atoms with Crippen molar-refractivity contribution >= 4 is 5.91 Å². The molecule has 1 amide bonds. The second-order valence-electron chi connectivity index (χ2n) is 6.85. The van der Waals surface area contributed by atoms with E-state index in [1.165, 1.54) is 12.4 Å². The van der Waals surface area contributed by atoms with Gasteiger partial charge in [-0.25, -0.2) is 0 Å². The van der Waals surface area contributed by atoms with Crippen LogP contribution in [0.1, 0.15) is 28.9 Å². The van der Waals surface area contributed by atoms with Gasteiger partial charge in [0.05, 0.1) is 43.3 Å². The number of nitrogens with zero attached hydrogens (tertiary/aromatic N) is 4. The summed E-state index contributed by atoms with van der Waals surface area (Å²) in [6.45, 7) is 3.23. The Bertz CT molecular complexity index is 735. The largest absolute Gasteiger partial charge is 0.375 e. The van der Waals surface area contributed by atoms with Crippen molar-refractivity contribution in [3.05, 3.63) is 54.1 Å². The molecule has 7 heteroatoms. The first-order valence-corrected chi connectivity index (χ1v) is 8.94. The topological polar surface area (TPSA) is 77.4 Å². The van der Waals surface area contributed by atoms with Gasteiger partial charge in [0.25, 0.3) is 5.91 Å². The molecule has 2 aromatic rings. The highest BCUT2D eigenvalue weighted by Gasteiger charge is 2.54. The second-order valence-corrected chi connectivity index (χ2v) is 6.85. The molecule has 0 saturated carbocycles. The van der Waals surface area contributed by atoms with Crippen LogP contribution in [-0.2, 0) is 16.1 Å². The minimum atomic E-state index is -0.204. The summed E-state index contributed by atoms with van der Waals surface area (Å²) in [5.41, 5.74) is 1.31. The lowest BCUT2D eigenvalue weighted by atomic mass is 9.79. The molecule has 2 saturated heterocycles. The van der Waals surface area contributed by atoms with Crippen molar-refractivity contribution < 1.29 is 14.3 Å². The predicted molar refractivity (Wildman–Crippen MR) is 93.2 cm³/mol. The molecule has 1 atom stereocenters. The number of likely N-dealkylation sites (tertiary alicyclic amines) is 1. The van der Waals surface area contributed by atoms with E-state index in [1.54, 1.807) is 12.3 Å². The van der Waals surface area contributed by atoms with Gasteiger partial charge in [0.1, 0.15) is 5.60 Å². The number of hydrogen-bond acceptors (Lipinski definition) is 6. The summed E-state index contributed by atoms with van der Waals surface area (Å²) in [7, 11) is 0. The zero-order chi connectivity index (χ0) is 17.8. The molecule has 0 bridgehead atoms. The summed E-state index contributed by atoms with van der Waals surface area (Å²) in [5.74, 6) is 0.414. The molecule has 2 aliphatic rings. The van der Waals surface area contributed by atoms with Gasteiger partial charge >= 0.3 is 0 Å². The Morgan fingerprint density at radius 2 is 2.19 bits per heavy atom. The monoisotopic (exact) mass is 354 g/mol. The van der Waals surface area contributed by atoms with E-state index < -0.39 is 0 Å². The van der Waals surface area contributed by atoms with Crippen molar-refractivity contribution in [2.75, 3.05) is 26.3 Å². The molecule has 1 unspecified atom stereocenters. The van der Waals surface area contributed by atoms with Crippen LogP contribution in [0, 0.1) is 5.92 Å².